The van der Waals surface area contributed by atoms with Gasteiger partial charge in [0.05, 0.1) is 18.8 Å². The molecule has 0 aromatic heterocycles. The van der Waals surface area contributed by atoms with Crippen LogP contribution in [0.25, 0.3) is 0 Å². The normalized spacial score (nSPS) is 14.2. The van der Waals surface area contributed by atoms with E-state index in [2.05, 4.69) is 24.4 Å². The van der Waals surface area contributed by atoms with E-state index in [1.807, 2.05) is 26.0 Å². The molecule has 0 heterocycles. The Balaban J connectivity index is 2.58. The van der Waals surface area contributed by atoms with E-state index in [0.29, 0.717) is 5.75 Å². The van der Waals surface area contributed by atoms with Gasteiger partial charge in [0, 0.05) is 17.5 Å². The zero-order valence-corrected chi connectivity index (χ0v) is 13.9. The minimum absolute atomic E-state index is 0.177. The summed E-state index contributed by atoms with van der Waals surface area (Å²) in [6, 6.07) is 8.38. The van der Waals surface area contributed by atoms with Gasteiger partial charge in [-0.2, -0.15) is 11.8 Å². The summed E-state index contributed by atoms with van der Waals surface area (Å²) in [6.07, 6.45) is -0.463. The molecule has 0 spiro atoms. The van der Waals surface area contributed by atoms with E-state index in [1.165, 1.54) is 5.56 Å². The van der Waals surface area contributed by atoms with E-state index in [4.69, 9.17) is 9.84 Å². The lowest BCUT2D eigenvalue weighted by Crippen LogP contribution is -2.24. The quantitative estimate of drug-likeness (QED) is 0.618. The van der Waals surface area contributed by atoms with Crippen LogP contribution in [-0.2, 0) is 0 Å². The third-order valence-corrected chi connectivity index (χ3v) is 4.10. The number of hydrogen-bond donors (Lipinski definition) is 3. The van der Waals surface area contributed by atoms with Crippen LogP contribution in [0.3, 0.4) is 0 Å². The molecule has 0 aliphatic heterocycles. The molecule has 1 aromatic carbocycles. The topological polar surface area (TPSA) is 61.7 Å². The van der Waals surface area contributed by atoms with Gasteiger partial charge in [-0.1, -0.05) is 19.1 Å². The largest absolute Gasteiger partial charge is 0.491 e. The van der Waals surface area contributed by atoms with Crippen LogP contribution in [0.1, 0.15) is 32.4 Å². The molecular weight excluding hydrogens is 286 g/mol. The highest BCUT2D eigenvalue weighted by Crippen LogP contribution is 2.22. The molecule has 1 aromatic rings. The van der Waals surface area contributed by atoms with Crippen molar-refractivity contribution in [3.05, 3.63) is 29.8 Å². The first kappa shape index (κ1) is 18.3. The number of aliphatic hydroxyl groups excluding tert-OH is 2. The van der Waals surface area contributed by atoms with Gasteiger partial charge >= 0.3 is 0 Å². The number of benzene rings is 1. The first-order chi connectivity index (χ1) is 10.1. The maximum Gasteiger partial charge on any atom is 0.119 e. The number of aliphatic hydroxyl groups is 2. The average molecular weight is 313 g/mol. The predicted octanol–water partition coefficient (Wildman–Crippen LogP) is 2.21. The zero-order chi connectivity index (χ0) is 15.7. The van der Waals surface area contributed by atoms with E-state index >= 15 is 0 Å². The van der Waals surface area contributed by atoms with Gasteiger partial charge in [0.25, 0.3) is 0 Å². The highest BCUT2D eigenvalue weighted by Gasteiger charge is 2.12. The molecule has 0 fully saturated rings. The van der Waals surface area contributed by atoms with E-state index in [-0.39, 0.29) is 18.8 Å². The van der Waals surface area contributed by atoms with Crippen molar-refractivity contribution in [3.63, 3.8) is 0 Å². The molecule has 5 heteroatoms. The van der Waals surface area contributed by atoms with Gasteiger partial charge in [0.1, 0.15) is 5.75 Å². The van der Waals surface area contributed by atoms with E-state index in [9.17, 15) is 5.11 Å². The minimum Gasteiger partial charge on any atom is -0.491 e. The van der Waals surface area contributed by atoms with Crippen LogP contribution in [-0.4, -0.2) is 47.1 Å². The lowest BCUT2D eigenvalue weighted by atomic mass is 10.1. The first-order valence-electron chi connectivity index (χ1n) is 7.43. The monoisotopic (exact) mass is 313 g/mol. The van der Waals surface area contributed by atoms with Crippen molar-refractivity contribution in [1.82, 2.24) is 5.32 Å². The first-order valence-corrected chi connectivity index (χ1v) is 8.59. The summed E-state index contributed by atoms with van der Waals surface area (Å²) >= 11 is 1.64. The van der Waals surface area contributed by atoms with Gasteiger partial charge in [-0.05, 0) is 38.1 Å². The Bertz CT molecular complexity index is 384. The molecule has 0 saturated heterocycles. The summed E-state index contributed by atoms with van der Waals surface area (Å²) in [5.74, 6) is 2.29. The van der Waals surface area contributed by atoms with Crippen LogP contribution in [0.4, 0.5) is 0 Å². The van der Waals surface area contributed by atoms with Gasteiger partial charge in [-0.15, -0.1) is 0 Å². The lowest BCUT2D eigenvalue weighted by molar-refractivity contribution is 0.113. The molecule has 3 N–H and O–H groups in total. The van der Waals surface area contributed by atoms with Crippen molar-refractivity contribution >= 4 is 11.8 Å². The summed E-state index contributed by atoms with van der Waals surface area (Å²) in [4.78, 5) is 0. The smallest absolute Gasteiger partial charge is 0.119 e. The second kappa shape index (κ2) is 10.1. The maximum atomic E-state index is 9.38. The highest BCUT2D eigenvalue weighted by atomic mass is 32.2. The Morgan fingerprint density at radius 3 is 2.38 bits per heavy atom. The highest BCUT2D eigenvalue weighted by molar-refractivity contribution is 7.99. The van der Waals surface area contributed by atoms with Gasteiger partial charge in [0.2, 0.25) is 0 Å². The third-order valence-electron chi connectivity index (χ3n) is 2.91. The number of nitrogens with one attached hydrogen (secondary N) is 1. The standard InChI is InChI=1S/C16H27NO3S/c1-4-17-16(11-21-10-14(19)9-18)13-5-7-15(8-6-13)20-12(2)3/h5-8,12,14,16-19H,4,9-11H2,1-3H3. The fourth-order valence-corrected chi connectivity index (χ4v) is 3.00. The number of ether oxygens (including phenoxy) is 1. The molecule has 2 atom stereocenters. The van der Waals surface area contributed by atoms with Crippen molar-refractivity contribution in [2.45, 2.75) is 39.0 Å². The Labute approximate surface area is 131 Å². The summed E-state index contributed by atoms with van der Waals surface area (Å²) in [5.41, 5.74) is 1.21. The molecule has 0 bridgehead atoms. The SMILES string of the molecule is CCNC(CSCC(O)CO)c1ccc(OC(C)C)cc1. The summed E-state index contributed by atoms with van der Waals surface area (Å²) in [5, 5.41) is 21.7. The van der Waals surface area contributed by atoms with Crippen LogP contribution < -0.4 is 10.1 Å². The molecule has 4 nitrogen and oxygen atoms in total. The van der Waals surface area contributed by atoms with Crippen molar-refractivity contribution in [1.29, 1.82) is 0 Å². The second-order valence-corrected chi connectivity index (χ2v) is 6.29. The van der Waals surface area contributed by atoms with E-state index in [1.54, 1.807) is 11.8 Å². The molecule has 0 saturated carbocycles. The minimum atomic E-state index is -0.640. The maximum absolute atomic E-state index is 9.38. The average Bonchev–Trinajstić information content (AvgIpc) is 2.46. The van der Waals surface area contributed by atoms with Crippen LogP contribution >= 0.6 is 11.8 Å². The molecule has 0 aliphatic rings. The fourth-order valence-electron chi connectivity index (χ4n) is 1.94. The van der Waals surface area contributed by atoms with Gasteiger partial charge in [0.15, 0.2) is 0 Å². The van der Waals surface area contributed by atoms with Crippen molar-refractivity contribution in [3.8, 4) is 5.75 Å². The molecule has 120 valence electrons. The van der Waals surface area contributed by atoms with Crippen molar-refractivity contribution < 1.29 is 14.9 Å². The molecule has 0 amide bonds. The summed E-state index contributed by atoms with van der Waals surface area (Å²) in [7, 11) is 0. The number of thioether (sulfide) groups is 1. The van der Waals surface area contributed by atoms with Crippen molar-refractivity contribution in [2.24, 2.45) is 0 Å². The number of hydrogen-bond acceptors (Lipinski definition) is 5. The summed E-state index contributed by atoms with van der Waals surface area (Å²) in [6.45, 7) is 6.81. The fraction of sp³-hybridized carbons (Fsp3) is 0.625. The van der Waals surface area contributed by atoms with Crippen LogP contribution in [0, 0.1) is 0 Å². The Kier molecular flexibility index (Phi) is 8.76. The van der Waals surface area contributed by atoms with Crippen LogP contribution in [0.2, 0.25) is 0 Å². The van der Waals surface area contributed by atoms with Gasteiger partial charge < -0.3 is 20.3 Å². The van der Waals surface area contributed by atoms with Crippen LogP contribution in [0.15, 0.2) is 24.3 Å². The third kappa shape index (κ3) is 7.18. The molecule has 2 unspecified atom stereocenters. The second-order valence-electron chi connectivity index (χ2n) is 5.22. The molecular formula is C16H27NO3S. The van der Waals surface area contributed by atoms with Gasteiger partial charge in [-0.3, -0.25) is 0 Å². The molecule has 0 aliphatic carbocycles. The number of rotatable bonds is 10. The van der Waals surface area contributed by atoms with E-state index < -0.39 is 6.10 Å². The van der Waals surface area contributed by atoms with Crippen LogP contribution in [0.5, 0.6) is 5.75 Å². The summed E-state index contributed by atoms with van der Waals surface area (Å²) < 4.78 is 5.65. The van der Waals surface area contributed by atoms with Crippen molar-refractivity contribution in [2.75, 3.05) is 24.7 Å². The Morgan fingerprint density at radius 2 is 1.86 bits per heavy atom. The predicted molar refractivity (Wildman–Crippen MR) is 89.0 cm³/mol. The molecule has 21 heavy (non-hydrogen) atoms. The molecule has 1 rings (SSSR count). The zero-order valence-electron chi connectivity index (χ0n) is 13.1. The Morgan fingerprint density at radius 1 is 1.19 bits per heavy atom. The lowest BCUT2D eigenvalue weighted by Gasteiger charge is -2.19. The molecule has 0 radical (unpaired) electrons. The Hall–Kier alpha value is -0.750. The van der Waals surface area contributed by atoms with Gasteiger partial charge in [-0.25, -0.2) is 0 Å². The van der Waals surface area contributed by atoms with E-state index in [0.717, 1.165) is 18.0 Å².